The largest absolute Gasteiger partial charge is 0.347 e. The van der Waals surface area contributed by atoms with E-state index in [4.69, 9.17) is 0 Å². The lowest BCUT2D eigenvalue weighted by Crippen LogP contribution is -2.37. The molecular weight excluding hydrogens is 394 g/mol. The molecule has 1 amide bonds. The van der Waals surface area contributed by atoms with Crippen molar-refractivity contribution in [2.45, 2.75) is 26.4 Å². The normalized spacial score (nSPS) is 12.2. The summed E-state index contributed by atoms with van der Waals surface area (Å²) in [6, 6.07) is 21.1. The molecule has 1 N–H and O–H groups in total. The summed E-state index contributed by atoms with van der Waals surface area (Å²) in [5.74, 6) is -0.0288. The van der Waals surface area contributed by atoms with Crippen molar-refractivity contribution >= 4 is 28.0 Å². The number of aromatic nitrogens is 2. The van der Waals surface area contributed by atoms with Gasteiger partial charge in [0.25, 0.3) is 5.56 Å². The fourth-order valence-electron chi connectivity index (χ4n) is 3.59. The van der Waals surface area contributed by atoms with E-state index in [1.54, 1.807) is 17.4 Å². The molecule has 0 aliphatic rings. The molecule has 4 aromatic rings. The second-order valence-corrected chi connectivity index (χ2v) is 8.48. The molecular formula is C24H23N3O2S. The van der Waals surface area contributed by atoms with Crippen LogP contribution in [0.3, 0.4) is 0 Å². The second kappa shape index (κ2) is 8.63. The van der Waals surface area contributed by atoms with E-state index in [0.29, 0.717) is 5.39 Å². The Morgan fingerprint density at radius 2 is 1.70 bits per heavy atom. The number of hydrogen-bond acceptors (Lipinski definition) is 4. The minimum absolute atomic E-state index is 0.127. The molecule has 0 radical (unpaired) electrons. The molecule has 0 fully saturated rings. The average molecular weight is 418 g/mol. The molecule has 2 heterocycles. The first kappa shape index (κ1) is 20.0. The van der Waals surface area contributed by atoms with E-state index in [1.165, 1.54) is 4.68 Å². The fourth-order valence-corrected chi connectivity index (χ4v) is 4.31. The molecule has 6 heteroatoms. The molecule has 1 unspecified atom stereocenters. The topological polar surface area (TPSA) is 64.0 Å². The van der Waals surface area contributed by atoms with Gasteiger partial charge in [-0.1, -0.05) is 68.4 Å². The van der Waals surface area contributed by atoms with E-state index in [0.717, 1.165) is 21.5 Å². The Morgan fingerprint density at radius 1 is 1.00 bits per heavy atom. The molecule has 0 aliphatic carbocycles. The number of nitrogens with zero attached hydrogens (tertiary/aromatic N) is 2. The van der Waals surface area contributed by atoms with Gasteiger partial charge in [0.05, 0.1) is 16.3 Å². The summed E-state index contributed by atoms with van der Waals surface area (Å²) in [5, 5.41) is 11.0. The van der Waals surface area contributed by atoms with Crippen LogP contribution < -0.4 is 10.9 Å². The Hall–Kier alpha value is -3.25. The summed E-state index contributed by atoms with van der Waals surface area (Å²) in [7, 11) is 0. The number of hydrogen-bond donors (Lipinski definition) is 1. The van der Waals surface area contributed by atoms with Gasteiger partial charge in [-0.15, -0.1) is 11.3 Å². The third kappa shape index (κ3) is 4.04. The third-order valence-corrected chi connectivity index (χ3v) is 5.93. The van der Waals surface area contributed by atoms with Crippen molar-refractivity contribution < 1.29 is 4.79 Å². The number of amides is 1. The van der Waals surface area contributed by atoms with Crippen molar-refractivity contribution in [3.8, 4) is 10.6 Å². The van der Waals surface area contributed by atoms with Crippen LogP contribution >= 0.6 is 11.3 Å². The zero-order valence-electron chi connectivity index (χ0n) is 16.9. The third-order valence-electron chi connectivity index (χ3n) is 5.06. The molecule has 1 atom stereocenters. The van der Waals surface area contributed by atoms with E-state index >= 15 is 0 Å². The summed E-state index contributed by atoms with van der Waals surface area (Å²) in [6.07, 6.45) is 0. The molecule has 5 nitrogen and oxygen atoms in total. The van der Waals surface area contributed by atoms with Crippen molar-refractivity contribution in [1.29, 1.82) is 0 Å². The maximum atomic E-state index is 13.0. The van der Waals surface area contributed by atoms with Crippen LogP contribution in [-0.4, -0.2) is 15.7 Å². The van der Waals surface area contributed by atoms with Gasteiger partial charge in [-0.05, 0) is 29.0 Å². The van der Waals surface area contributed by atoms with Gasteiger partial charge in [0.1, 0.15) is 12.2 Å². The van der Waals surface area contributed by atoms with Crippen LogP contribution in [0.4, 0.5) is 0 Å². The Balaban J connectivity index is 1.67. The van der Waals surface area contributed by atoms with E-state index in [2.05, 4.69) is 24.3 Å². The van der Waals surface area contributed by atoms with E-state index < -0.39 is 0 Å². The summed E-state index contributed by atoms with van der Waals surface area (Å²) < 4.78 is 1.27. The zero-order valence-corrected chi connectivity index (χ0v) is 17.7. The SMILES string of the molecule is CC(C)C(NC(=O)Cn1nc(-c2cccs2)c2ccccc2c1=O)c1ccccc1. The highest BCUT2D eigenvalue weighted by molar-refractivity contribution is 7.13. The quantitative estimate of drug-likeness (QED) is 0.497. The molecule has 2 aromatic heterocycles. The molecule has 0 aliphatic heterocycles. The van der Waals surface area contributed by atoms with Gasteiger partial charge >= 0.3 is 0 Å². The number of rotatable bonds is 6. The predicted octanol–water partition coefficient (Wildman–Crippen LogP) is 4.64. The first-order chi connectivity index (χ1) is 14.5. The maximum absolute atomic E-state index is 13.0. The predicted molar refractivity (Wildman–Crippen MR) is 121 cm³/mol. The van der Waals surface area contributed by atoms with Crippen molar-refractivity contribution in [3.05, 3.63) is 88.0 Å². The average Bonchev–Trinajstić information content (AvgIpc) is 3.29. The number of nitrogens with one attached hydrogen (secondary N) is 1. The molecule has 0 saturated heterocycles. The van der Waals surface area contributed by atoms with Gasteiger partial charge in [-0.2, -0.15) is 5.10 Å². The zero-order chi connectivity index (χ0) is 21.1. The lowest BCUT2D eigenvalue weighted by molar-refractivity contribution is -0.123. The van der Waals surface area contributed by atoms with Crippen molar-refractivity contribution in [1.82, 2.24) is 15.1 Å². The second-order valence-electron chi connectivity index (χ2n) is 7.53. The van der Waals surface area contributed by atoms with Gasteiger partial charge in [0.15, 0.2) is 0 Å². The summed E-state index contributed by atoms with van der Waals surface area (Å²) in [5.41, 5.74) is 1.50. The molecule has 30 heavy (non-hydrogen) atoms. The molecule has 0 bridgehead atoms. The van der Waals surface area contributed by atoms with Gasteiger partial charge in [-0.3, -0.25) is 9.59 Å². The highest BCUT2D eigenvalue weighted by Crippen LogP contribution is 2.28. The number of carbonyl (C=O) groups is 1. The van der Waals surface area contributed by atoms with Crippen LogP contribution in [0.25, 0.3) is 21.3 Å². The molecule has 0 spiro atoms. The molecule has 152 valence electrons. The highest BCUT2D eigenvalue weighted by Gasteiger charge is 2.20. The first-order valence-corrected chi connectivity index (χ1v) is 10.8. The smallest absolute Gasteiger partial charge is 0.275 e. The van der Waals surface area contributed by atoms with Gasteiger partial charge in [0.2, 0.25) is 5.91 Å². The fraction of sp³-hybridized carbons (Fsp3) is 0.208. The van der Waals surface area contributed by atoms with Crippen LogP contribution in [0.2, 0.25) is 0 Å². The van der Waals surface area contributed by atoms with Crippen LogP contribution in [0.1, 0.15) is 25.5 Å². The Bertz CT molecular complexity index is 1210. The van der Waals surface area contributed by atoms with E-state index in [-0.39, 0.29) is 30.0 Å². The maximum Gasteiger partial charge on any atom is 0.275 e. The number of thiophene rings is 1. The van der Waals surface area contributed by atoms with Crippen LogP contribution in [0.5, 0.6) is 0 Å². The molecule has 0 saturated carbocycles. The molecule has 2 aromatic carbocycles. The number of benzene rings is 2. The Morgan fingerprint density at radius 3 is 2.37 bits per heavy atom. The van der Waals surface area contributed by atoms with Gasteiger partial charge in [0, 0.05) is 5.39 Å². The molecule has 4 rings (SSSR count). The summed E-state index contributed by atoms with van der Waals surface area (Å²) >= 11 is 1.56. The lowest BCUT2D eigenvalue weighted by Gasteiger charge is -2.23. The lowest BCUT2D eigenvalue weighted by atomic mass is 9.96. The Labute approximate surface area is 179 Å². The van der Waals surface area contributed by atoms with Gasteiger partial charge < -0.3 is 5.32 Å². The van der Waals surface area contributed by atoms with Crippen molar-refractivity contribution in [2.24, 2.45) is 5.92 Å². The number of carbonyl (C=O) groups excluding carboxylic acids is 1. The summed E-state index contributed by atoms with van der Waals surface area (Å²) in [6.45, 7) is 4.00. The van der Waals surface area contributed by atoms with Crippen molar-refractivity contribution in [3.63, 3.8) is 0 Å². The highest BCUT2D eigenvalue weighted by atomic mass is 32.1. The summed E-state index contributed by atoms with van der Waals surface area (Å²) in [4.78, 5) is 26.8. The standard InChI is InChI=1S/C24H23N3O2S/c1-16(2)22(17-9-4-3-5-10-17)25-21(28)15-27-24(29)19-12-7-6-11-18(19)23(26-27)20-13-8-14-30-20/h3-14,16,22H,15H2,1-2H3,(H,25,28). The van der Waals surface area contributed by atoms with Crippen LogP contribution in [0, 0.1) is 5.92 Å². The minimum Gasteiger partial charge on any atom is -0.347 e. The Kier molecular flexibility index (Phi) is 5.77. The first-order valence-electron chi connectivity index (χ1n) is 9.92. The van der Waals surface area contributed by atoms with E-state index in [9.17, 15) is 9.59 Å². The van der Waals surface area contributed by atoms with Crippen molar-refractivity contribution in [2.75, 3.05) is 0 Å². The van der Waals surface area contributed by atoms with Crippen LogP contribution in [0.15, 0.2) is 76.9 Å². The van der Waals surface area contributed by atoms with Crippen LogP contribution in [-0.2, 0) is 11.3 Å². The monoisotopic (exact) mass is 417 g/mol. The minimum atomic E-state index is -0.262. The number of fused-ring (bicyclic) bond motifs is 1. The van der Waals surface area contributed by atoms with Gasteiger partial charge in [-0.25, -0.2) is 4.68 Å². The van der Waals surface area contributed by atoms with E-state index in [1.807, 2.05) is 66.0 Å².